The number of nitrogens with one attached hydrogen (secondary N) is 2. The Morgan fingerprint density at radius 1 is 0.402 bits per heavy atom. The third-order valence-electron chi connectivity index (χ3n) is 12.0. The zero-order valence-electron chi connectivity index (χ0n) is 46.0. The van der Waals surface area contributed by atoms with Crippen molar-refractivity contribution in [2.45, 2.75) is 12.1 Å². The summed E-state index contributed by atoms with van der Waals surface area (Å²) >= 11 is -0.346. The number of rotatable bonds is 12. The van der Waals surface area contributed by atoms with Crippen LogP contribution in [0.15, 0.2) is 255 Å². The van der Waals surface area contributed by atoms with Crippen molar-refractivity contribution in [2.24, 2.45) is 0 Å². The quantitative estimate of drug-likeness (QED) is 0.0629. The van der Waals surface area contributed by atoms with Gasteiger partial charge in [0.05, 0.1) is 26.5 Å². The maximum absolute atomic E-state index is 12.8. The standard InChI is InChI=1S/C23H20O3P2.C22H18O3P2.C14H14N2.4CH3.2ClH.Ru.4Zr/c1-26-28(24,25)23-17-21(16-18-10-8-9-15-22(18)23)27(19-11-4-2-5-12-19)20-13-6-3-7-14-20;23-27(24,25)22-16-20(15-17-9-7-8-14-21(17)22)26(18-10-3-1-4-11-18)19-12-5-2-6-13-19;15-13(11-7-3-1-4-8-11)14(16)12-9-5-2-6-10-12;;;;;;;;;;;/h2-17H,1H3,(H,24,25);1-16H,(H2,23,24,25);1-10,13-16H;4*1H3;2*1H;;;;;/q;;-2;4*-1;;;+4;;;;/t;;13-,14?;;;;;;;;;;;/m..1.........../s1. The summed E-state index contributed by atoms with van der Waals surface area (Å²) in [6.45, 7) is 0. The fourth-order valence-electron chi connectivity index (χ4n) is 8.57. The predicted octanol–water partition coefficient (Wildman–Crippen LogP) is 14.7. The number of halogens is 2. The van der Waals surface area contributed by atoms with Gasteiger partial charge >= 0.3 is 49.7 Å². The van der Waals surface area contributed by atoms with E-state index in [2.05, 4.69) is 60.7 Å². The van der Waals surface area contributed by atoms with Crippen molar-refractivity contribution < 1.29 is 148 Å². The number of fused-ring (bicyclic) bond motifs is 2. The van der Waals surface area contributed by atoms with Gasteiger partial charge in [0.15, 0.2) is 0 Å². The Bertz CT molecular complexity index is 3330. The van der Waals surface area contributed by atoms with Gasteiger partial charge in [-0.05, 0) is 94.3 Å². The van der Waals surface area contributed by atoms with Gasteiger partial charge in [0.2, 0.25) is 0 Å². The second-order valence-corrected chi connectivity index (χ2v) is 27.8. The van der Waals surface area contributed by atoms with Crippen molar-refractivity contribution in [1.82, 2.24) is 0 Å². The van der Waals surface area contributed by atoms with Gasteiger partial charge in [-0.25, -0.2) is 0 Å². The number of benzene rings is 10. The first kappa shape index (κ1) is 82.6. The zero-order chi connectivity index (χ0) is 52.5. The summed E-state index contributed by atoms with van der Waals surface area (Å²) in [5.41, 5.74) is 17.9. The molecule has 8 nitrogen and oxygen atoms in total. The minimum atomic E-state index is -4.40. The molecule has 0 spiro atoms. The van der Waals surface area contributed by atoms with Crippen LogP contribution in [0.4, 0.5) is 0 Å². The Morgan fingerprint density at radius 3 is 0.927 bits per heavy atom. The van der Waals surface area contributed by atoms with Crippen LogP contribution in [0.5, 0.6) is 0 Å². The molecule has 0 aliphatic rings. The average Bonchev–Trinajstić information content (AvgIpc) is 3.44. The van der Waals surface area contributed by atoms with Crippen molar-refractivity contribution in [3.05, 3.63) is 307 Å². The molecule has 0 aliphatic heterocycles. The first-order chi connectivity index (χ1) is 35.8. The van der Waals surface area contributed by atoms with Gasteiger partial charge < -0.3 is 60.4 Å². The fraction of sp³-hybridized carbons (Fsp3) is 0.0476. The van der Waals surface area contributed by atoms with Crippen molar-refractivity contribution in [2.75, 3.05) is 7.11 Å². The largest absolute Gasteiger partial charge is 0.672 e. The Hall–Kier alpha value is -1.46. The van der Waals surface area contributed by atoms with Crippen molar-refractivity contribution in [1.29, 1.82) is 0 Å². The molecule has 0 aromatic heterocycles. The second-order valence-electron chi connectivity index (χ2n) is 16.7. The molecule has 19 heteroatoms. The van der Waals surface area contributed by atoms with E-state index in [1.807, 2.05) is 176 Å². The molecular formula is C63H66Cl2N2O6P4RuZr4-2. The summed E-state index contributed by atoms with van der Waals surface area (Å²) in [6.07, 6.45) is 0. The molecule has 424 valence electrons. The third kappa shape index (κ3) is 22.9. The Balaban J connectivity index is 0. The van der Waals surface area contributed by atoms with Gasteiger partial charge in [0.1, 0.15) is 31.8 Å². The van der Waals surface area contributed by atoms with E-state index in [0.29, 0.717) is 10.7 Å². The van der Waals surface area contributed by atoms with Crippen LogP contribution < -0.4 is 42.4 Å². The molecule has 5 N–H and O–H groups in total. The molecule has 0 fully saturated rings. The smallest absolute Gasteiger partial charge is 0 e. The summed E-state index contributed by atoms with van der Waals surface area (Å²) < 4.78 is 30.0. The molecular weight excluding hydrogens is 1540 g/mol. The molecule has 10 rings (SSSR count). The normalized spacial score (nSPS) is 11.5. The molecule has 0 saturated carbocycles. The molecule has 10 aromatic rings. The van der Waals surface area contributed by atoms with Gasteiger partial charge in [0, 0.05) is 112 Å². The topological polar surface area (TPSA) is 152 Å². The molecule has 0 amide bonds. The van der Waals surface area contributed by atoms with E-state index in [1.54, 1.807) is 18.2 Å². The van der Waals surface area contributed by atoms with Gasteiger partial charge in [-0.2, -0.15) is 0 Å². The van der Waals surface area contributed by atoms with E-state index in [4.69, 9.17) is 35.4 Å². The van der Waals surface area contributed by atoms with E-state index in [1.165, 1.54) is 28.3 Å². The summed E-state index contributed by atoms with van der Waals surface area (Å²) in [7, 11) is -0.0517. The van der Waals surface area contributed by atoms with E-state index in [9.17, 15) is 23.8 Å². The Morgan fingerprint density at radius 2 is 0.646 bits per heavy atom. The SMILES string of the molecule is COP(=O)(O)c1cc([PH+](c2ccccc2)c2ccccc2)cc2ccccc12.O=P(O)(O)c1cc([PH+](c2ccccc2)c2ccccc2)cc2ccccc12.[CH3-].[CH3-].[CH3-].[CH3-].[Cl][Ru+2][Cl].[NH-]C(c1ccccc1)[C@H]([NH-])c1ccccc1.[Zr].[Zr].[Zr].[Zr]. The molecule has 3 atom stereocenters. The van der Waals surface area contributed by atoms with Gasteiger partial charge in [0.25, 0.3) is 0 Å². The molecule has 82 heavy (non-hydrogen) atoms. The fourth-order valence-corrected chi connectivity index (χ4v) is 15.9. The zero-order valence-corrected chi connectivity index (χ0v) is 62.8. The van der Waals surface area contributed by atoms with Gasteiger partial charge in [-0.3, -0.25) is 9.13 Å². The van der Waals surface area contributed by atoms with Crippen LogP contribution in [0.25, 0.3) is 33.0 Å². The monoisotopic (exact) mass is 1600 g/mol. The molecule has 0 bridgehead atoms. The van der Waals surface area contributed by atoms with Gasteiger partial charge in [-0.1, -0.05) is 193 Å². The first-order valence-corrected chi connectivity index (χ1v) is 33.9. The van der Waals surface area contributed by atoms with Crippen LogP contribution in [0, 0.1) is 29.7 Å². The maximum atomic E-state index is 12.8. The summed E-state index contributed by atoms with van der Waals surface area (Å²) in [5, 5.41) is 10.5. The molecule has 0 heterocycles. The van der Waals surface area contributed by atoms with Crippen LogP contribution in [0.3, 0.4) is 0 Å². The molecule has 10 aromatic carbocycles. The number of hydrogen-bond acceptors (Lipinski definition) is 3. The minimum absolute atomic E-state index is 0. The van der Waals surface area contributed by atoms with E-state index >= 15 is 0 Å². The molecule has 0 aliphatic carbocycles. The maximum Gasteiger partial charge on any atom is 0 e. The van der Waals surface area contributed by atoms with E-state index < -0.39 is 43.1 Å². The van der Waals surface area contributed by atoms with Crippen LogP contribution in [-0.2, 0) is 134 Å². The second kappa shape index (κ2) is 41.6. The molecule has 0 saturated heterocycles. The van der Waals surface area contributed by atoms with Crippen LogP contribution in [0.1, 0.15) is 23.2 Å². The summed E-state index contributed by atoms with van der Waals surface area (Å²) in [6, 6.07) is 82.0. The van der Waals surface area contributed by atoms with Crippen LogP contribution in [0.2, 0.25) is 0 Å². The minimum Gasteiger partial charge on any atom is -0.672 e. The van der Waals surface area contributed by atoms with Crippen LogP contribution in [-0.4, -0.2) is 21.8 Å². The summed E-state index contributed by atoms with van der Waals surface area (Å²) in [5.74, 6) is 0. The van der Waals surface area contributed by atoms with Crippen molar-refractivity contribution in [3.63, 3.8) is 0 Å². The molecule has 0 radical (unpaired) electrons. The summed E-state index contributed by atoms with van der Waals surface area (Å²) in [4.78, 5) is 30.4. The van der Waals surface area contributed by atoms with E-state index in [0.717, 1.165) is 37.9 Å². The van der Waals surface area contributed by atoms with Crippen molar-refractivity contribution >= 4 is 114 Å². The number of hydrogen-bond donors (Lipinski definition) is 3. The first-order valence-electron chi connectivity index (χ1n) is 23.2. The van der Waals surface area contributed by atoms with Crippen molar-refractivity contribution in [3.8, 4) is 0 Å². The van der Waals surface area contributed by atoms with Crippen LogP contribution >= 0.6 is 50.4 Å². The third-order valence-corrected chi connectivity index (χ3v) is 19.9. The predicted molar refractivity (Wildman–Crippen MR) is 341 cm³/mol. The van der Waals surface area contributed by atoms with Gasteiger partial charge in [-0.15, -0.1) is 12.1 Å². The molecule has 2 unspecified atom stereocenters. The average molecular weight is 1610 g/mol. The Kier molecular flexibility index (Phi) is 41.9. The Labute approximate surface area is 581 Å². The van der Waals surface area contributed by atoms with E-state index in [-0.39, 0.29) is 155 Å².